The van der Waals surface area contributed by atoms with Crippen LogP contribution in [0.3, 0.4) is 0 Å². The summed E-state index contributed by atoms with van der Waals surface area (Å²) >= 11 is -2.07. The maximum Gasteiger partial charge on any atom is 0.303 e. The van der Waals surface area contributed by atoms with E-state index in [4.69, 9.17) is 5.11 Å². The van der Waals surface area contributed by atoms with Crippen molar-refractivity contribution in [1.29, 1.82) is 0 Å². The third kappa shape index (κ3) is 8.15. The van der Waals surface area contributed by atoms with E-state index in [2.05, 4.69) is 11.0 Å². The minimum atomic E-state index is -2.07. The van der Waals surface area contributed by atoms with Crippen LogP contribution in [-0.4, -0.2) is 40.5 Å². The van der Waals surface area contributed by atoms with E-state index < -0.39 is 17.2 Å². The first-order chi connectivity index (χ1) is 14.9. The molecule has 2 aromatic rings. The lowest BCUT2D eigenvalue weighted by Gasteiger charge is -2.23. The number of hydrogen-bond donors (Lipinski definition) is 2. The molecule has 0 aromatic heterocycles. The number of carbonyl (C=O) groups is 1. The SMILES string of the molecule is CN(C)c1cccc2c(N(CCCCCCCCCCCC(=O)O)S(=O)O)cccc12. The number of hydrogen-bond acceptors (Lipinski definition) is 3. The first kappa shape index (κ1) is 25.1. The molecular formula is C24H36N2O4S. The summed E-state index contributed by atoms with van der Waals surface area (Å²) in [4.78, 5) is 12.5. The van der Waals surface area contributed by atoms with E-state index in [9.17, 15) is 13.6 Å². The first-order valence-corrected chi connectivity index (χ1v) is 12.3. The van der Waals surface area contributed by atoms with Crippen LogP contribution in [0.2, 0.25) is 0 Å². The van der Waals surface area contributed by atoms with Gasteiger partial charge in [-0.2, -0.15) is 0 Å². The lowest BCUT2D eigenvalue weighted by atomic mass is 10.1. The topological polar surface area (TPSA) is 81.1 Å². The number of nitrogens with zero attached hydrogens (tertiary/aromatic N) is 2. The molecule has 2 N–H and O–H groups in total. The average Bonchev–Trinajstić information content (AvgIpc) is 2.73. The first-order valence-electron chi connectivity index (χ1n) is 11.2. The maximum atomic E-state index is 12.1. The lowest BCUT2D eigenvalue weighted by Crippen LogP contribution is -2.26. The summed E-state index contributed by atoms with van der Waals surface area (Å²) in [6.45, 7) is 0.545. The predicted molar refractivity (Wildman–Crippen MR) is 130 cm³/mol. The van der Waals surface area contributed by atoms with Crippen LogP contribution >= 0.6 is 0 Å². The molecule has 2 rings (SSSR count). The highest BCUT2D eigenvalue weighted by molar-refractivity contribution is 7.80. The molecule has 2 aromatic carbocycles. The normalized spacial score (nSPS) is 12.1. The van der Waals surface area contributed by atoms with E-state index in [1.165, 1.54) is 6.42 Å². The van der Waals surface area contributed by atoms with Crippen molar-refractivity contribution in [2.24, 2.45) is 0 Å². The van der Waals surface area contributed by atoms with Gasteiger partial charge in [-0.3, -0.25) is 13.7 Å². The third-order valence-corrected chi connectivity index (χ3v) is 6.32. The second-order valence-electron chi connectivity index (χ2n) is 8.20. The van der Waals surface area contributed by atoms with Crippen LogP contribution in [0.4, 0.5) is 11.4 Å². The zero-order chi connectivity index (χ0) is 22.6. The van der Waals surface area contributed by atoms with Crippen LogP contribution in [0.1, 0.15) is 64.2 Å². The molecule has 172 valence electrons. The molecule has 7 heteroatoms. The highest BCUT2D eigenvalue weighted by Gasteiger charge is 2.16. The molecule has 6 nitrogen and oxygen atoms in total. The number of unbranched alkanes of at least 4 members (excludes halogenated alkanes) is 8. The quantitative estimate of drug-likeness (QED) is 0.264. The van der Waals surface area contributed by atoms with Crippen molar-refractivity contribution in [2.75, 3.05) is 29.8 Å². The van der Waals surface area contributed by atoms with Gasteiger partial charge in [-0.1, -0.05) is 69.2 Å². The average molecular weight is 449 g/mol. The van der Waals surface area contributed by atoms with Crippen LogP contribution < -0.4 is 9.21 Å². The summed E-state index contributed by atoms with van der Waals surface area (Å²) in [6.07, 6.45) is 9.61. The van der Waals surface area contributed by atoms with Crippen molar-refractivity contribution in [3.05, 3.63) is 36.4 Å². The molecule has 1 unspecified atom stereocenters. The highest BCUT2D eigenvalue weighted by atomic mass is 32.2. The molecule has 0 bridgehead atoms. The number of anilines is 2. The summed E-state index contributed by atoms with van der Waals surface area (Å²) in [6, 6.07) is 12.0. The summed E-state index contributed by atoms with van der Waals surface area (Å²) in [5.41, 5.74) is 1.88. The van der Waals surface area contributed by atoms with Crippen molar-refractivity contribution >= 4 is 39.4 Å². The maximum absolute atomic E-state index is 12.1. The Hall–Kier alpha value is -2.12. The van der Waals surface area contributed by atoms with Crippen LogP contribution in [0.15, 0.2) is 36.4 Å². The van der Waals surface area contributed by atoms with Gasteiger partial charge in [0.05, 0.1) is 5.69 Å². The molecule has 0 spiro atoms. The summed E-state index contributed by atoms with van der Waals surface area (Å²) in [5, 5.41) is 10.7. The standard InChI is InChI=1S/C24H36N2O4S/c1-25(2)22-16-12-15-21-20(22)14-13-17-23(21)26(31(29)30)19-11-9-7-5-3-4-6-8-10-18-24(27)28/h12-17H,3-11,18-19H2,1-2H3,(H,27,28)(H,29,30). The van der Waals surface area contributed by atoms with Crippen molar-refractivity contribution < 1.29 is 18.7 Å². The molecule has 0 heterocycles. The molecule has 0 aliphatic carbocycles. The Bertz CT molecular complexity index is 857. The second kappa shape index (κ2) is 13.3. The Morgan fingerprint density at radius 3 is 1.81 bits per heavy atom. The zero-order valence-electron chi connectivity index (χ0n) is 18.8. The van der Waals surface area contributed by atoms with E-state index in [0.29, 0.717) is 6.54 Å². The highest BCUT2D eigenvalue weighted by Crippen LogP contribution is 2.33. The minimum absolute atomic E-state index is 0.274. The van der Waals surface area contributed by atoms with Gasteiger partial charge in [0.1, 0.15) is 0 Å². The Kier molecular flexibility index (Phi) is 10.8. The van der Waals surface area contributed by atoms with Crippen LogP contribution in [0.25, 0.3) is 10.8 Å². The largest absolute Gasteiger partial charge is 0.481 e. The van der Waals surface area contributed by atoms with E-state index in [-0.39, 0.29) is 6.42 Å². The number of aliphatic carboxylic acids is 1. The molecule has 0 aliphatic rings. The molecule has 0 aliphatic heterocycles. The number of carboxylic acid groups (broad SMARTS) is 1. The van der Waals surface area contributed by atoms with Crippen molar-refractivity contribution in [1.82, 2.24) is 0 Å². The Morgan fingerprint density at radius 1 is 0.806 bits per heavy atom. The zero-order valence-corrected chi connectivity index (χ0v) is 19.6. The monoisotopic (exact) mass is 448 g/mol. The second-order valence-corrected chi connectivity index (χ2v) is 9.10. The van der Waals surface area contributed by atoms with E-state index >= 15 is 0 Å². The van der Waals surface area contributed by atoms with Crippen LogP contribution in [0.5, 0.6) is 0 Å². The number of rotatable bonds is 15. The molecule has 1 atom stereocenters. The minimum Gasteiger partial charge on any atom is -0.481 e. The molecule has 0 amide bonds. The Morgan fingerprint density at radius 2 is 1.29 bits per heavy atom. The van der Waals surface area contributed by atoms with Gasteiger partial charge in [-0.05, 0) is 25.0 Å². The van der Waals surface area contributed by atoms with Gasteiger partial charge in [-0.15, -0.1) is 0 Å². The van der Waals surface area contributed by atoms with E-state index in [0.717, 1.165) is 73.5 Å². The van der Waals surface area contributed by atoms with Gasteiger partial charge in [-0.25, -0.2) is 4.21 Å². The van der Waals surface area contributed by atoms with Crippen LogP contribution in [0, 0.1) is 0 Å². The van der Waals surface area contributed by atoms with Crippen molar-refractivity contribution in [3.63, 3.8) is 0 Å². The predicted octanol–water partition coefficient (Wildman–Crippen LogP) is 5.83. The molecule has 0 radical (unpaired) electrons. The Balaban J connectivity index is 1.81. The summed E-state index contributed by atoms with van der Waals surface area (Å²) < 4.78 is 23.6. The molecule has 0 saturated heterocycles. The summed E-state index contributed by atoms with van der Waals surface area (Å²) in [5.74, 6) is -0.709. The fourth-order valence-corrected chi connectivity index (χ4v) is 4.55. The van der Waals surface area contributed by atoms with Crippen molar-refractivity contribution in [3.8, 4) is 0 Å². The van der Waals surface area contributed by atoms with Crippen molar-refractivity contribution in [2.45, 2.75) is 64.2 Å². The van der Waals surface area contributed by atoms with E-state index in [1.54, 1.807) is 4.31 Å². The molecule has 0 fully saturated rings. The number of benzene rings is 2. The van der Waals surface area contributed by atoms with Gasteiger partial charge < -0.3 is 10.0 Å². The number of fused-ring (bicyclic) bond motifs is 1. The molecule has 0 saturated carbocycles. The fraction of sp³-hybridized carbons (Fsp3) is 0.542. The van der Waals surface area contributed by atoms with E-state index in [1.807, 2.05) is 44.4 Å². The van der Waals surface area contributed by atoms with Crippen LogP contribution in [-0.2, 0) is 16.1 Å². The van der Waals surface area contributed by atoms with Gasteiger partial charge in [0.2, 0.25) is 0 Å². The number of carboxylic acids is 1. The lowest BCUT2D eigenvalue weighted by molar-refractivity contribution is -0.137. The summed E-state index contributed by atoms with van der Waals surface area (Å²) in [7, 11) is 4.00. The fourth-order valence-electron chi connectivity index (χ4n) is 3.94. The smallest absolute Gasteiger partial charge is 0.303 e. The Labute approximate surface area is 188 Å². The molecular weight excluding hydrogens is 412 g/mol. The third-order valence-electron chi connectivity index (χ3n) is 5.57. The van der Waals surface area contributed by atoms with Gasteiger partial charge >= 0.3 is 5.97 Å². The molecule has 31 heavy (non-hydrogen) atoms. The van der Waals surface area contributed by atoms with Gasteiger partial charge in [0.25, 0.3) is 11.3 Å². The van der Waals surface area contributed by atoms with Gasteiger partial charge in [0, 0.05) is 43.5 Å². The van der Waals surface area contributed by atoms with Gasteiger partial charge in [0.15, 0.2) is 0 Å².